The summed E-state index contributed by atoms with van der Waals surface area (Å²) in [4.78, 5) is 12.3. The molecular formula is C13H18FIN2O. The fourth-order valence-corrected chi connectivity index (χ4v) is 2.41. The number of hydrogen-bond donors (Lipinski definition) is 2. The van der Waals surface area contributed by atoms with E-state index in [0.717, 1.165) is 0 Å². The topological polar surface area (TPSA) is 55.1 Å². The monoisotopic (exact) mass is 364 g/mol. The van der Waals surface area contributed by atoms with Crippen LogP contribution in [0.25, 0.3) is 0 Å². The van der Waals surface area contributed by atoms with Gasteiger partial charge in [0.05, 0.1) is 11.1 Å². The summed E-state index contributed by atoms with van der Waals surface area (Å²) in [7, 11) is 0. The van der Waals surface area contributed by atoms with Crippen LogP contribution in [0, 0.1) is 14.8 Å². The number of halogens is 2. The lowest BCUT2D eigenvalue weighted by molar-refractivity contribution is -0.125. The Morgan fingerprint density at radius 1 is 1.44 bits per heavy atom. The lowest BCUT2D eigenvalue weighted by Gasteiger charge is -2.28. The van der Waals surface area contributed by atoms with Crippen molar-refractivity contribution in [2.75, 3.05) is 11.9 Å². The molecule has 1 aromatic carbocycles. The molecule has 0 radical (unpaired) electrons. The number of amides is 1. The van der Waals surface area contributed by atoms with Crippen LogP contribution in [0.5, 0.6) is 0 Å². The van der Waals surface area contributed by atoms with E-state index < -0.39 is 5.41 Å². The molecule has 0 aliphatic carbocycles. The predicted molar refractivity (Wildman–Crippen MR) is 79.8 cm³/mol. The second-order valence-electron chi connectivity index (χ2n) is 4.27. The van der Waals surface area contributed by atoms with E-state index in [2.05, 4.69) is 5.32 Å². The van der Waals surface area contributed by atoms with E-state index in [-0.39, 0.29) is 11.7 Å². The van der Waals surface area contributed by atoms with Crippen molar-refractivity contribution >= 4 is 34.2 Å². The molecule has 18 heavy (non-hydrogen) atoms. The maximum absolute atomic E-state index is 13.0. The molecule has 3 nitrogen and oxygen atoms in total. The quantitative estimate of drug-likeness (QED) is 0.789. The number of hydrogen-bond acceptors (Lipinski definition) is 2. The first kappa shape index (κ1) is 15.4. The summed E-state index contributed by atoms with van der Waals surface area (Å²) in [6.07, 6.45) is 1.37. The van der Waals surface area contributed by atoms with Gasteiger partial charge in [-0.1, -0.05) is 13.8 Å². The zero-order valence-corrected chi connectivity index (χ0v) is 12.8. The number of carbonyl (C=O) groups is 1. The second-order valence-corrected chi connectivity index (χ2v) is 5.43. The Balaban J connectivity index is 2.93. The highest BCUT2D eigenvalue weighted by Gasteiger charge is 2.33. The lowest BCUT2D eigenvalue weighted by atomic mass is 9.81. The number of nitrogens with one attached hydrogen (secondary N) is 1. The first-order chi connectivity index (χ1) is 8.49. The maximum Gasteiger partial charge on any atom is 0.231 e. The zero-order valence-electron chi connectivity index (χ0n) is 10.6. The average Bonchev–Trinajstić information content (AvgIpc) is 2.36. The summed E-state index contributed by atoms with van der Waals surface area (Å²) in [5.41, 5.74) is 5.81. The molecule has 0 bridgehead atoms. The van der Waals surface area contributed by atoms with Gasteiger partial charge in [0.2, 0.25) is 5.91 Å². The molecule has 100 valence electrons. The van der Waals surface area contributed by atoms with Crippen LogP contribution in [-0.2, 0) is 4.79 Å². The third-order valence-electron chi connectivity index (χ3n) is 3.41. The van der Waals surface area contributed by atoms with Crippen LogP contribution in [-0.4, -0.2) is 12.5 Å². The van der Waals surface area contributed by atoms with Crippen molar-refractivity contribution in [2.45, 2.75) is 26.7 Å². The second kappa shape index (κ2) is 6.47. The standard InChI is InChI=1S/C13H18FIN2O/c1-3-13(4-2,8-16)12(18)17-11-6-5-9(14)7-10(11)15/h5-7H,3-4,8,16H2,1-2H3,(H,17,18). The Labute approximate surface area is 120 Å². The van der Waals surface area contributed by atoms with Gasteiger partial charge in [-0.05, 0) is 53.6 Å². The third-order valence-corrected chi connectivity index (χ3v) is 4.30. The molecule has 0 aromatic heterocycles. The van der Waals surface area contributed by atoms with Crippen molar-refractivity contribution in [3.8, 4) is 0 Å². The van der Waals surface area contributed by atoms with Crippen LogP contribution in [0.1, 0.15) is 26.7 Å². The van der Waals surface area contributed by atoms with E-state index in [0.29, 0.717) is 28.6 Å². The van der Waals surface area contributed by atoms with Crippen molar-refractivity contribution in [1.29, 1.82) is 0 Å². The van der Waals surface area contributed by atoms with Crippen LogP contribution < -0.4 is 11.1 Å². The maximum atomic E-state index is 13.0. The minimum atomic E-state index is -0.544. The normalized spacial score (nSPS) is 11.4. The van der Waals surface area contributed by atoms with Gasteiger partial charge < -0.3 is 11.1 Å². The smallest absolute Gasteiger partial charge is 0.231 e. The Bertz CT molecular complexity index is 425. The van der Waals surface area contributed by atoms with Crippen molar-refractivity contribution in [3.05, 3.63) is 27.6 Å². The first-order valence-electron chi connectivity index (χ1n) is 5.95. The van der Waals surface area contributed by atoms with Gasteiger partial charge in [0, 0.05) is 10.1 Å². The Hall–Kier alpha value is -0.690. The molecule has 1 aromatic rings. The molecule has 0 saturated heterocycles. The fourth-order valence-electron chi connectivity index (χ4n) is 1.80. The first-order valence-corrected chi connectivity index (χ1v) is 7.03. The molecule has 1 rings (SSSR count). The molecule has 3 N–H and O–H groups in total. The average molecular weight is 364 g/mol. The molecule has 0 saturated carbocycles. The summed E-state index contributed by atoms with van der Waals surface area (Å²) in [6, 6.07) is 4.29. The van der Waals surface area contributed by atoms with Crippen LogP contribution in [0.3, 0.4) is 0 Å². The highest BCUT2D eigenvalue weighted by atomic mass is 127. The molecule has 0 fully saturated rings. The van der Waals surface area contributed by atoms with E-state index in [4.69, 9.17) is 5.73 Å². The van der Waals surface area contributed by atoms with Crippen LogP contribution >= 0.6 is 22.6 Å². The summed E-state index contributed by atoms with van der Waals surface area (Å²) >= 11 is 2.00. The molecular weight excluding hydrogens is 346 g/mol. The largest absolute Gasteiger partial charge is 0.329 e. The van der Waals surface area contributed by atoms with E-state index in [1.54, 1.807) is 6.07 Å². The molecule has 0 aliphatic heterocycles. The van der Waals surface area contributed by atoms with Gasteiger partial charge in [-0.25, -0.2) is 4.39 Å². The number of anilines is 1. The van der Waals surface area contributed by atoms with E-state index in [9.17, 15) is 9.18 Å². The summed E-state index contributed by atoms with van der Waals surface area (Å²) in [5, 5.41) is 2.84. The van der Waals surface area contributed by atoms with Gasteiger partial charge in [-0.3, -0.25) is 4.79 Å². The van der Waals surface area contributed by atoms with Gasteiger partial charge in [-0.2, -0.15) is 0 Å². The summed E-state index contributed by atoms with van der Waals surface area (Å²) in [6.45, 7) is 4.21. The van der Waals surface area contributed by atoms with Crippen LogP contribution in [0.2, 0.25) is 0 Å². The number of nitrogens with two attached hydrogens (primary N) is 1. The Morgan fingerprint density at radius 2 is 2.06 bits per heavy atom. The summed E-state index contributed by atoms with van der Waals surface area (Å²) in [5.74, 6) is -0.409. The van der Waals surface area contributed by atoms with Crippen molar-refractivity contribution in [3.63, 3.8) is 0 Å². The van der Waals surface area contributed by atoms with Crippen molar-refractivity contribution < 1.29 is 9.18 Å². The highest BCUT2D eigenvalue weighted by Crippen LogP contribution is 2.28. The lowest BCUT2D eigenvalue weighted by Crippen LogP contribution is -2.41. The van der Waals surface area contributed by atoms with Crippen molar-refractivity contribution in [1.82, 2.24) is 0 Å². The van der Waals surface area contributed by atoms with E-state index in [1.807, 2.05) is 36.4 Å². The molecule has 0 heterocycles. The van der Waals surface area contributed by atoms with Gasteiger partial charge in [0.25, 0.3) is 0 Å². The molecule has 0 aliphatic rings. The number of rotatable bonds is 5. The fraction of sp³-hybridized carbons (Fsp3) is 0.462. The van der Waals surface area contributed by atoms with E-state index >= 15 is 0 Å². The molecule has 0 unspecified atom stereocenters. The van der Waals surface area contributed by atoms with Crippen LogP contribution in [0.4, 0.5) is 10.1 Å². The zero-order chi connectivity index (χ0) is 13.8. The molecule has 0 spiro atoms. The Kier molecular flexibility index (Phi) is 5.52. The van der Waals surface area contributed by atoms with Gasteiger partial charge >= 0.3 is 0 Å². The van der Waals surface area contributed by atoms with Gasteiger partial charge in [0.1, 0.15) is 5.82 Å². The number of carbonyl (C=O) groups excluding carboxylic acids is 1. The minimum Gasteiger partial charge on any atom is -0.329 e. The van der Waals surface area contributed by atoms with Gasteiger partial charge in [0.15, 0.2) is 0 Å². The minimum absolute atomic E-state index is 0.0977. The predicted octanol–water partition coefficient (Wildman–Crippen LogP) is 3.13. The Morgan fingerprint density at radius 3 is 2.50 bits per heavy atom. The van der Waals surface area contributed by atoms with Crippen LogP contribution in [0.15, 0.2) is 18.2 Å². The van der Waals surface area contributed by atoms with E-state index in [1.165, 1.54) is 12.1 Å². The molecule has 0 atom stereocenters. The highest BCUT2D eigenvalue weighted by molar-refractivity contribution is 14.1. The summed E-state index contributed by atoms with van der Waals surface area (Å²) < 4.78 is 13.7. The third kappa shape index (κ3) is 3.20. The SMILES string of the molecule is CCC(CC)(CN)C(=O)Nc1ccc(F)cc1I. The van der Waals surface area contributed by atoms with Gasteiger partial charge in [-0.15, -0.1) is 0 Å². The molecule has 1 amide bonds. The molecule has 5 heteroatoms. The van der Waals surface area contributed by atoms with Crippen molar-refractivity contribution in [2.24, 2.45) is 11.1 Å². The number of benzene rings is 1.